The van der Waals surface area contributed by atoms with Crippen molar-refractivity contribution < 1.29 is 37.0 Å². The molecule has 1 amide bonds. The number of hydrogen-bond acceptors (Lipinski definition) is 5. The number of nitrogens with zero attached hydrogens (tertiary/aromatic N) is 1. The molecule has 158 valence electrons. The number of rotatable bonds is 6. The molecule has 9 heteroatoms. The Balaban J connectivity index is 2.46. The highest BCUT2D eigenvalue weighted by Gasteiger charge is 2.38. The van der Waals surface area contributed by atoms with Gasteiger partial charge < -0.3 is 14.4 Å². The van der Waals surface area contributed by atoms with Crippen molar-refractivity contribution in [3.63, 3.8) is 0 Å². The first kappa shape index (κ1) is 22.4. The van der Waals surface area contributed by atoms with Gasteiger partial charge in [0.15, 0.2) is 0 Å². The molecule has 1 aromatic carbocycles. The van der Waals surface area contributed by atoms with Crippen LogP contribution in [-0.2, 0) is 30.0 Å². The Kier molecular flexibility index (Phi) is 7.05. The minimum absolute atomic E-state index is 0.0845. The van der Waals surface area contributed by atoms with Crippen LogP contribution in [-0.4, -0.2) is 42.5 Å². The molecule has 0 spiro atoms. The highest BCUT2D eigenvalue weighted by molar-refractivity contribution is 5.96. The van der Waals surface area contributed by atoms with Crippen LogP contribution >= 0.6 is 0 Å². The van der Waals surface area contributed by atoms with Crippen LogP contribution < -0.4 is 0 Å². The number of amides is 1. The molecule has 29 heavy (non-hydrogen) atoms. The third-order valence-corrected chi connectivity index (χ3v) is 4.55. The Labute approximate surface area is 166 Å². The van der Waals surface area contributed by atoms with Gasteiger partial charge in [0.2, 0.25) is 5.91 Å². The van der Waals surface area contributed by atoms with Gasteiger partial charge in [-0.25, -0.2) is 4.79 Å². The largest absolute Gasteiger partial charge is 0.465 e. The maximum atomic E-state index is 12.8. The maximum absolute atomic E-state index is 12.8. The van der Waals surface area contributed by atoms with E-state index in [0.717, 1.165) is 17.0 Å². The van der Waals surface area contributed by atoms with Crippen LogP contribution in [0.15, 0.2) is 35.5 Å². The smallest absolute Gasteiger partial charge is 0.416 e. The summed E-state index contributed by atoms with van der Waals surface area (Å²) in [5, 5.41) is 0. The fourth-order valence-corrected chi connectivity index (χ4v) is 3.20. The fraction of sp³-hybridized carbons (Fsp3) is 0.450. The van der Waals surface area contributed by atoms with Gasteiger partial charge in [0, 0.05) is 18.0 Å². The van der Waals surface area contributed by atoms with Crippen LogP contribution in [0.2, 0.25) is 0 Å². The molecule has 0 fully saturated rings. The van der Waals surface area contributed by atoms with E-state index in [0.29, 0.717) is 5.56 Å². The second-order valence-corrected chi connectivity index (χ2v) is 6.38. The van der Waals surface area contributed by atoms with Crippen molar-refractivity contribution in [2.24, 2.45) is 0 Å². The van der Waals surface area contributed by atoms with E-state index in [4.69, 9.17) is 9.47 Å². The zero-order chi connectivity index (χ0) is 21.8. The van der Waals surface area contributed by atoms with Crippen molar-refractivity contribution in [1.29, 1.82) is 0 Å². The first-order valence-electron chi connectivity index (χ1n) is 9.11. The van der Waals surface area contributed by atoms with E-state index in [1.54, 1.807) is 13.8 Å². The van der Waals surface area contributed by atoms with Crippen molar-refractivity contribution in [3.8, 4) is 0 Å². The molecule has 6 nitrogen and oxygen atoms in total. The summed E-state index contributed by atoms with van der Waals surface area (Å²) >= 11 is 0. The lowest BCUT2D eigenvalue weighted by molar-refractivity contribution is -0.149. The van der Waals surface area contributed by atoms with Gasteiger partial charge in [0.1, 0.15) is 6.54 Å². The lowest BCUT2D eigenvalue weighted by Crippen LogP contribution is -2.41. The molecule has 0 aliphatic carbocycles. The number of esters is 2. The van der Waals surface area contributed by atoms with E-state index in [1.165, 1.54) is 19.1 Å². The van der Waals surface area contributed by atoms with Gasteiger partial charge in [-0.05, 0) is 38.5 Å². The zero-order valence-corrected chi connectivity index (χ0v) is 16.3. The molecule has 1 atom stereocenters. The van der Waals surface area contributed by atoms with Crippen LogP contribution in [0, 0.1) is 0 Å². The Morgan fingerprint density at radius 1 is 1.10 bits per heavy atom. The fourth-order valence-electron chi connectivity index (χ4n) is 3.20. The molecular formula is C20H22F3NO5. The molecular weight excluding hydrogens is 391 g/mol. The summed E-state index contributed by atoms with van der Waals surface area (Å²) in [5.74, 6) is -2.52. The van der Waals surface area contributed by atoms with E-state index in [1.807, 2.05) is 0 Å². The summed E-state index contributed by atoms with van der Waals surface area (Å²) in [6, 6.07) is 4.30. The molecule has 0 radical (unpaired) electrons. The van der Waals surface area contributed by atoms with Crippen LogP contribution in [0.3, 0.4) is 0 Å². The van der Waals surface area contributed by atoms with Gasteiger partial charge in [-0.3, -0.25) is 9.59 Å². The van der Waals surface area contributed by atoms with Gasteiger partial charge in [-0.2, -0.15) is 13.2 Å². The number of hydrogen-bond donors (Lipinski definition) is 0. The minimum atomic E-state index is -4.49. The Morgan fingerprint density at radius 2 is 1.69 bits per heavy atom. The van der Waals surface area contributed by atoms with Crippen molar-refractivity contribution >= 4 is 17.8 Å². The van der Waals surface area contributed by atoms with Crippen LogP contribution in [0.25, 0.3) is 0 Å². The number of allylic oxidation sites excluding steroid dienone is 1. The number of carbonyl (C=O) groups excluding carboxylic acids is 3. The second kappa shape index (κ2) is 9.11. The predicted molar refractivity (Wildman–Crippen MR) is 96.5 cm³/mol. The Bertz CT molecular complexity index is 814. The van der Waals surface area contributed by atoms with Gasteiger partial charge in [-0.15, -0.1) is 0 Å². The number of halogens is 3. The molecule has 0 saturated carbocycles. The third-order valence-electron chi connectivity index (χ3n) is 4.55. The average Bonchev–Trinajstić information content (AvgIpc) is 2.64. The van der Waals surface area contributed by atoms with Crippen molar-refractivity contribution in [2.45, 2.75) is 39.3 Å². The summed E-state index contributed by atoms with van der Waals surface area (Å²) in [7, 11) is 0. The first-order valence-corrected chi connectivity index (χ1v) is 9.11. The number of ether oxygens (including phenoxy) is 2. The number of alkyl halides is 3. The Morgan fingerprint density at radius 3 is 2.21 bits per heavy atom. The topological polar surface area (TPSA) is 72.9 Å². The lowest BCUT2D eigenvalue weighted by atomic mass is 9.83. The third kappa shape index (κ3) is 5.16. The molecule has 0 N–H and O–H groups in total. The van der Waals surface area contributed by atoms with Crippen LogP contribution in [0.1, 0.15) is 44.2 Å². The van der Waals surface area contributed by atoms with Gasteiger partial charge in [-0.1, -0.05) is 12.1 Å². The number of carbonyl (C=O) groups is 3. The summed E-state index contributed by atoms with van der Waals surface area (Å²) in [6.45, 7) is 4.61. The normalized spacial score (nSPS) is 17.4. The van der Waals surface area contributed by atoms with Crippen LogP contribution in [0.5, 0.6) is 0 Å². The molecule has 0 bridgehead atoms. The molecule has 1 aliphatic heterocycles. The van der Waals surface area contributed by atoms with Gasteiger partial charge in [0.05, 0.1) is 24.4 Å². The molecule has 1 aliphatic rings. The average molecular weight is 413 g/mol. The number of benzene rings is 1. The standard InChI is InChI=1S/C20H22F3NO5/c1-4-28-17(26)11-24-12(3)18(19(27)29-5-2)15(10-16(24)25)13-6-8-14(9-7-13)20(21,22)23/h6-9,15H,4-5,10-11H2,1-3H3. The highest BCUT2D eigenvalue weighted by Crippen LogP contribution is 2.38. The summed E-state index contributed by atoms with van der Waals surface area (Å²) in [4.78, 5) is 38.2. The van der Waals surface area contributed by atoms with E-state index in [9.17, 15) is 27.6 Å². The summed E-state index contributed by atoms with van der Waals surface area (Å²) < 4.78 is 48.5. The van der Waals surface area contributed by atoms with Gasteiger partial charge >= 0.3 is 18.1 Å². The lowest BCUT2D eigenvalue weighted by Gasteiger charge is -2.33. The predicted octanol–water partition coefficient (Wildman–Crippen LogP) is 3.42. The van der Waals surface area contributed by atoms with Crippen LogP contribution in [0.4, 0.5) is 13.2 Å². The van der Waals surface area contributed by atoms with E-state index < -0.39 is 35.5 Å². The molecule has 1 unspecified atom stereocenters. The quantitative estimate of drug-likeness (QED) is 0.669. The van der Waals surface area contributed by atoms with Gasteiger partial charge in [0.25, 0.3) is 0 Å². The van der Waals surface area contributed by atoms with Crippen molar-refractivity contribution in [1.82, 2.24) is 4.90 Å². The monoisotopic (exact) mass is 413 g/mol. The highest BCUT2D eigenvalue weighted by atomic mass is 19.4. The van der Waals surface area contributed by atoms with Crippen molar-refractivity contribution in [3.05, 3.63) is 46.7 Å². The van der Waals surface area contributed by atoms with E-state index in [2.05, 4.69) is 0 Å². The second-order valence-electron chi connectivity index (χ2n) is 6.38. The molecule has 2 rings (SSSR count). The summed E-state index contributed by atoms with van der Waals surface area (Å²) in [6.07, 6.45) is -4.68. The maximum Gasteiger partial charge on any atom is 0.416 e. The molecule has 0 saturated heterocycles. The summed E-state index contributed by atoms with van der Waals surface area (Å²) in [5.41, 5.74) is -0.0941. The van der Waals surface area contributed by atoms with E-state index >= 15 is 0 Å². The zero-order valence-electron chi connectivity index (χ0n) is 16.3. The Hall–Kier alpha value is -2.84. The molecule has 1 heterocycles. The van der Waals surface area contributed by atoms with Crippen molar-refractivity contribution in [2.75, 3.05) is 19.8 Å². The van der Waals surface area contributed by atoms with E-state index in [-0.39, 0.29) is 37.4 Å². The molecule has 1 aromatic rings. The molecule has 0 aromatic heterocycles. The first-order chi connectivity index (χ1) is 13.6. The SMILES string of the molecule is CCOC(=O)CN1C(=O)CC(c2ccc(C(F)(F)F)cc2)C(C(=O)OCC)=C1C. The minimum Gasteiger partial charge on any atom is -0.465 e.